The van der Waals surface area contributed by atoms with Crippen LogP contribution in [0.2, 0.25) is 0 Å². The van der Waals surface area contributed by atoms with Crippen LogP contribution < -0.4 is 5.32 Å². The van der Waals surface area contributed by atoms with Crippen LogP contribution in [0.15, 0.2) is 0 Å². The van der Waals surface area contributed by atoms with Gasteiger partial charge in [0.05, 0.1) is 0 Å². The van der Waals surface area contributed by atoms with Crippen molar-refractivity contribution in [3.63, 3.8) is 0 Å². The van der Waals surface area contributed by atoms with Gasteiger partial charge in [-0.2, -0.15) is 11.8 Å². The van der Waals surface area contributed by atoms with Crippen LogP contribution in [0.4, 0.5) is 0 Å². The van der Waals surface area contributed by atoms with Crippen LogP contribution in [0.3, 0.4) is 0 Å². The topological polar surface area (TPSA) is 29.1 Å². The molecule has 0 aliphatic heterocycles. The lowest BCUT2D eigenvalue weighted by atomic mass is 9.73. The highest BCUT2D eigenvalue weighted by molar-refractivity contribution is 7.99. The molecule has 22 heavy (non-hydrogen) atoms. The molecule has 0 saturated heterocycles. The first-order valence-corrected chi connectivity index (χ1v) is 9.97. The summed E-state index contributed by atoms with van der Waals surface area (Å²) in [5, 5.41) is 3.14. The smallest absolute Gasteiger partial charge is 0.220 e. The molecule has 0 spiro atoms. The molecule has 3 heteroatoms. The van der Waals surface area contributed by atoms with Crippen molar-refractivity contribution in [2.24, 2.45) is 21.7 Å². The molecule has 1 amide bonds. The lowest BCUT2D eigenvalue weighted by Crippen LogP contribution is -2.35. The highest BCUT2D eigenvalue weighted by Crippen LogP contribution is 2.80. The van der Waals surface area contributed by atoms with Crippen LogP contribution in [-0.2, 0) is 4.79 Å². The number of hydrogen-bond acceptors (Lipinski definition) is 2. The van der Waals surface area contributed by atoms with Gasteiger partial charge in [0.1, 0.15) is 0 Å². The van der Waals surface area contributed by atoms with Crippen molar-refractivity contribution < 1.29 is 4.79 Å². The lowest BCUT2D eigenvalue weighted by molar-refractivity contribution is -0.123. The van der Waals surface area contributed by atoms with E-state index in [1.54, 1.807) is 0 Å². The number of hydrogen-bond donors (Lipinski definition) is 1. The van der Waals surface area contributed by atoms with Gasteiger partial charge in [-0.25, -0.2) is 0 Å². The lowest BCUT2D eigenvalue weighted by Gasteiger charge is -2.36. The second-order valence-corrected chi connectivity index (χ2v) is 11.1. The summed E-state index contributed by atoms with van der Waals surface area (Å²) in [4.78, 5) is 12.2. The second-order valence-electron chi connectivity index (χ2n) is 10.1. The molecule has 2 rings (SSSR count). The molecule has 0 aromatic rings. The van der Waals surface area contributed by atoms with Crippen molar-refractivity contribution >= 4 is 17.7 Å². The van der Waals surface area contributed by atoms with E-state index in [0.717, 1.165) is 19.4 Å². The van der Waals surface area contributed by atoms with Crippen molar-refractivity contribution in [3.05, 3.63) is 0 Å². The van der Waals surface area contributed by atoms with Crippen molar-refractivity contribution in [3.8, 4) is 0 Å². The summed E-state index contributed by atoms with van der Waals surface area (Å²) in [5.74, 6) is 2.77. The Morgan fingerprint density at radius 1 is 1.05 bits per heavy atom. The molecule has 0 aromatic heterocycles. The second kappa shape index (κ2) is 6.03. The van der Waals surface area contributed by atoms with Gasteiger partial charge in [0.15, 0.2) is 0 Å². The maximum atomic E-state index is 12.2. The van der Waals surface area contributed by atoms with Gasteiger partial charge in [0.2, 0.25) is 5.91 Å². The monoisotopic (exact) mass is 325 g/mol. The Balaban J connectivity index is 1.70. The number of amides is 1. The van der Waals surface area contributed by atoms with E-state index in [2.05, 4.69) is 58.6 Å². The first-order chi connectivity index (χ1) is 9.97. The first kappa shape index (κ1) is 18.2. The number of fused-ring (bicyclic) bond motifs is 1. The Labute approximate surface area is 141 Å². The summed E-state index contributed by atoms with van der Waals surface area (Å²) >= 11 is 2.10. The molecule has 0 heterocycles. The van der Waals surface area contributed by atoms with Crippen molar-refractivity contribution in [1.82, 2.24) is 5.32 Å². The predicted molar refractivity (Wildman–Crippen MR) is 97.2 cm³/mol. The number of thioether (sulfide) groups is 1. The average Bonchev–Trinajstić information content (AvgIpc) is 2.73. The minimum absolute atomic E-state index is 0.284. The van der Waals surface area contributed by atoms with Crippen LogP contribution in [0.5, 0.6) is 0 Å². The van der Waals surface area contributed by atoms with Crippen LogP contribution in [0.1, 0.15) is 73.6 Å². The molecule has 2 fully saturated rings. The maximum absolute atomic E-state index is 12.2. The van der Waals surface area contributed by atoms with E-state index >= 15 is 0 Å². The Bertz CT molecular complexity index is 420. The van der Waals surface area contributed by atoms with E-state index in [4.69, 9.17) is 0 Å². The third kappa shape index (κ3) is 4.43. The van der Waals surface area contributed by atoms with E-state index in [9.17, 15) is 4.79 Å². The minimum Gasteiger partial charge on any atom is -0.356 e. The largest absolute Gasteiger partial charge is 0.356 e. The summed E-state index contributed by atoms with van der Waals surface area (Å²) in [6.07, 6.45) is 5.74. The predicted octanol–water partition coefficient (Wildman–Crippen LogP) is 4.88. The van der Waals surface area contributed by atoms with E-state index in [0.29, 0.717) is 21.7 Å². The van der Waals surface area contributed by atoms with Gasteiger partial charge in [-0.05, 0) is 58.8 Å². The number of nitrogens with one attached hydrogen (secondary N) is 1. The van der Waals surface area contributed by atoms with Gasteiger partial charge >= 0.3 is 0 Å². The van der Waals surface area contributed by atoms with Crippen LogP contribution in [-0.4, -0.2) is 24.0 Å². The zero-order chi connectivity index (χ0) is 16.6. The Morgan fingerprint density at radius 2 is 1.68 bits per heavy atom. The third-order valence-electron chi connectivity index (χ3n) is 5.37. The molecule has 128 valence electrons. The summed E-state index contributed by atoms with van der Waals surface area (Å²) < 4.78 is 0. The van der Waals surface area contributed by atoms with Crippen molar-refractivity contribution in [2.75, 3.05) is 18.1 Å². The number of carbonyl (C=O) groups is 1. The van der Waals surface area contributed by atoms with Gasteiger partial charge in [0, 0.05) is 13.0 Å². The fourth-order valence-electron chi connectivity index (χ4n) is 3.73. The zero-order valence-corrected chi connectivity index (χ0v) is 16.3. The standard InChI is InChI=1S/C19H35NOS/c1-16(2,3)9-10-20-15(21)11-18-7-8-19(18,12-18)14-22-13-17(4,5)6/h7-14H2,1-6H3,(H,20,21). The SMILES string of the molecule is CC(C)(C)CCNC(=O)CC12CCC1(CSCC(C)(C)C)C2. The molecule has 0 radical (unpaired) electrons. The van der Waals surface area contributed by atoms with Crippen LogP contribution in [0, 0.1) is 21.7 Å². The molecule has 0 bridgehead atoms. The zero-order valence-electron chi connectivity index (χ0n) is 15.5. The van der Waals surface area contributed by atoms with E-state index in [-0.39, 0.29) is 5.91 Å². The molecule has 0 aromatic carbocycles. The molecule has 2 saturated carbocycles. The van der Waals surface area contributed by atoms with Gasteiger partial charge in [-0.15, -0.1) is 0 Å². The summed E-state index contributed by atoms with van der Waals surface area (Å²) in [7, 11) is 0. The van der Waals surface area contributed by atoms with Gasteiger partial charge in [-0.1, -0.05) is 41.5 Å². The van der Waals surface area contributed by atoms with Crippen molar-refractivity contribution in [2.45, 2.75) is 73.6 Å². The Kier molecular flexibility index (Phi) is 4.98. The minimum atomic E-state index is 0.284. The average molecular weight is 326 g/mol. The van der Waals surface area contributed by atoms with E-state index in [1.807, 2.05) is 0 Å². The molecule has 2 aliphatic carbocycles. The van der Waals surface area contributed by atoms with Crippen molar-refractivity contribution in [1.29, 1.82) is 0 Å². The normalized spacial score (nSPS) is 30.5. The summed E-state index contributed by atoms with van der Waals surface area (Å²) in [5.41, 5.74) is 1.61. The number of carbonyl (C=O) groups excluding carboxylic acids is 1. The molecular weight excluding hydrogens is 290 g/mol. The highest BCUT2D eigenvalue weighted by Gasteiger charge is 2.73. The molecule has 2 atom stereocenters. The van der Waals surface area contributed by atoms with E-state index in [1.165, 1.54) is 30.8 Å². The first-order valence-electron chi connectivity index (χ1n) is 8.82. The quantitative estimate of drug-likeness (QED) is 0.723. The molecule has 2 unspecified atom stereocenters. The van der Waals surface area contributed by atoms with E-state index < -0.39 is 0 Å². The van der Waals surface area contributed by atoms with Gasteiger partial charge in [0.25, 0.3) is 0 Å². The maximum Gasteiger partial charge on any atom is 0.220 e. The fourth-order valence-corrected chi connectivity index (χ4v) is 5.38. The van der Waals surface area contributed by atoms with Crippen LogP contribution in [0.25, 0.3) is 0 Å². The highest BCUT2D eigenvalue weighted by atomic mass is 32.2. The summed E-state index contributed by atoms with van der Waals surface area (Å²) in [6.45, 7) is 14.4. The summed E-state index contributed by atoms with van der Waals surface area (Å²) in [6, 6.07) is 0. The molecule has 1 N–H and O–H groups in total. The third-order valence-corrected chi connectivity index (χ3v) is 7.20. The number of rotatable bonds is 7. The van der Waals surface area contributed by atoms with Crippen LogP contribution >= 0.6 is 11.8 Å². The Hall–Kier alpha value is -0.180. The van der Waals surface area contributed by atoms with Gasteiger partial charge in [-0.3, -0.25) is 4.79 Å². The fraction of sp³-hybridized carbons (Fsp3) is 0.947. The molecule has 2 nitrogen and oxygen atoms in total. The molecular formula is C19H35NOS. The molecule has 2 aliphatic rings. The Morgan fingerprint density at radius 3 is 2.18 bits per heavy atom. The van der Waals surface area contributed by atoms with Gasteiger partial charge < -0.3 is 5.32 Å².